The first-order valence-electron chi connectivity index (χ1n) is 5.37. The van der Waals surface area contributed by atoms with Gasteiger partial charge in [-0.3, -0.25) is 5.10 Å². The molecule has 5 heteroatoms. The van der Waals surface area contributed by atoms with Crippen LogP contribution in [0.2, 0.25) is 0 Å². The fourth-order valence-electron chi connectivity index (χ4n) is 1.85. The van der Waals surface area contributed by atoms with Crippen LogP contribution in [-0.2, 0) is 11.2 Å². The summed E-state index contributed by atoms with van der Waals surface area (Å²) in [7, 11) is 1.73. The quantitative estimate of drug-likeness (QED) is 0.783. The summed E-state index contributed by atoms with van der Waals surface area (Å²) in [5.41, 5.74) is 0. The molecule has 84 valence electrons. The summed E-state index contributed by atoms with van der Waals surface area (Å²) in [5, 5.41) is 7.17. The second kappa shape index (κ2) is 4.45. The Labute approximate surface area is 94.6 Å². The first-order valence-corrected chi connectivity index (χ1v) is 5.78. The summed E-state index contributed by atoms with van der Waals surface area (Å²) in [4.78, 5) is 0. The van der Waals surface area contributed by atoms with E-state index >= 15 is 0 Å². The van der Waals surface area contributed by atoms with E-state index < -0.39 is 0 Å². The zero-order valence-electron chi connectivity index (χ0n) is 9.19. The lowest BCUT2D eigenvalue weighted by atomic mass is 10.1. The van der Waals surface area contributed by atoms with Crippen LogP contribution < -0.4 is 0 Å². The summed E-state index contributed by atoms with van der Waals surface area (Å²) < 4.78 is 8.05. The van der Waals surface area contributed by atoms with E-state index in [0.29, 0.717) is 12.0 Å². The molecule has 1 atom stereocenters. The molecule has 2 rings (SSSR count). The largest absolute Gasteiger partial charge is 0.384 e. The van der Waals surface area contributed by atoms with Gasteiger partial charge in [-0.25, -0.2) is 0 Å². The van der Waals surface area contributed by atoms with Crippen molar-refractivity contribution in [2.45, 2.75) is 32.2 Å². The van der Waals surface area contributed by atoms with E-state index in [0.717, 1.165) is 23.6 Å². The second-order valence-corrected chi connectivity index (χ2v) is 4.70. The van der Waals surface area contributed by atoms with E-state index in [2.05, 4.69) is 21.7 Å². The number of ether oxygens (including phenoxy) is 1. The van der Waals surface area contributed by atoms with Crippen LogP contribution in [0.15, 0.2) is 0 Å². The molecule has 1 aromatic rings. The molecule has 1 heterocycles. The van der Waals surface area contributed by atoms with Crippen molar-refractivity contribution in [1.82, 2.24) is 14.8 Å². The lowest BCUT2D eigenvalue weighted by Gasteiger charge is -2.10. The first kappa shape index (κ1) is 10.8. The molecular weight excluding hydrogens is 210 g/mol. The van der Waals surface area contributed by atoms with Crippen LogP contribution >= 0.6 is 12.2 Å². The molecule has 0 radical (unpaired) electrons. The molecule has 0 aliphatic heterocycles. The lowest BCUT2D eigenvalue weighted by Crippen LogP contribution is -2.11. The zero-order valence-corrected chi connectivity index (χ0v) is 10.0. The van der Waals surface area contributed by atoms with E-state index in [1.807, 2.05) is 0 Å². The molecule has 1 unspecified atom stereocenters. The second-order valence-electron chi connectivity index (χ2n) is 4.31. The van der Waals surface area contributed by atoms with Crippen molar-refractivity contribution in [2.75, 3.05) is 13.7 Å². The maximum atomic E-state index is 5.22. The normalized spacial score (nSPS) is 18.0. The zero-order chi connectivity index (χ0) is 10.8. The average molecular weight is 227 g/mol. The minimum Gasteiger partial charge on any atom is -0.384 e. The monoisotopic (exact) mass is 227 g/mol. The number of aromatic nitrogens is 3. The van der Waals surface area contributed by atoms with Crippen LogP contribution in [0, 0.1) is 10.7 Å². The molecule has 15 heavy (non-hydrogen) atoms. The highest BCUT2D eigenvalue weighted by molar-refractivity contribution is 7.71. The number of nitrogens with one attached hydrogen (secondary N) is 1. The molecule has 0 amide bonds. The Balaban J connectivity index is 2.10. The number of methoxy groups -OCH3 is 1. The van der Waals surface area contributed by atoms with E-state index in [-0.39, 0.29) is 0 Å². The third kappa shape index (κ3) is 2.46. The van der Waals surface area contributed by atoms with Crippen molar-refractivity contribution in [2.24, 2.45) is 5.92 Å². The minimum atomic E-state index is 0.484. The molecule has 0 aromatic carbocycles. The Hall–Kier alpha value is -0.680. The van der Waals surface area contributed by atoms with Gasteiger partial charge in [0.1, 0.15) is 5.82 Å². The Morgan fingerprint density at radius 1 is 1.67 bits per heavy atom. The van der Waals surface area contributed by atoms with E-state index in [1.165, 1.54) is 12.8 Å². The molecule has 1 fully saturated rings. The van der Waals surface area contributed by atoms with E-state index in [4.69, 9.17) is 17.0 Å². The fraction of sp³-hybridized carbons (Fsp3) is 0.800. The topological polar surface area (TPSA) is 42.8 Å². The standard InChI is InChI=1S/C10H17N3OS/c1-7(6-14-2)5-9-11-12-10(15)13(9)8-3-4-8/h7-8H,3-6H2,1-2H3,(H,12,15). The van der Waals surface area contributed by atoms with Crippen molar-refractivity contribution >= 4 is 12.2 Å². The maximum absolute atomic E-state index is 5.22. The van der Waals surface area contributed by atoms with Crippen LogP contribution in [0.5, 0.6) is 0 Å². The first-order chi connectivity index (χ1) is 7.22. The fourth-order valence-corrected chi connectivity index (χ4v) is 2.15. The number of aromatic amines is 1. The lowest BCUT2D eigenvalue weighted by molar-refractivity contribution is 0.158. The summed E-state index contributed by atoms with van der Waals surface area (Å²) in [6.45, 7) is 2.93. The van der Waals surface area contributed by atoms with Gasteiger partial charge in [-0.05, 0) is 31.0 Å². The van der Waals surface area contributed by atoms with Gasteiger partial charge < -0.3 is 9.30 Å². The van der Waals surface area contributed by atoms with Crippen molar-refractivity contribution in [3.8, 4) is 0 Å². The third-order valence-electron chi connectivity index (χ3n) is 2.67. The van der Waals surface area contributed by atoms with Crippen LogP contribution in [-0.4, -0.2) is 28.5 Å². The molecule has 1 N–H and O–H groups in total. The van der Waals surface area contributed by atoms with Crippen LogP contribution in [0.1, 0.15) is 31.6 Å². The molecular formula is C10H17N3OS. The average Bonchev–Trinajstić information content (AvgIpc) is 2.94. The van der Waals surface area contributed by atoms with Gasteiger partial charge in [-0.15, -0.1) is 0 Å². The summed E-state index contributed by atoms with van der Waals surface area (Å²) >= 11 is 5.22. The van der Waals surface area contributed by atoms with Gasteiger partial charge in [0.2, 0.25) is 0 Å². The number of hydrogen-bond acceptors (Lipinski definition) is 3. The van der Waals surface area contributed by atoms with Gasteiger partial charge in [0.15, 0.2) is 4.77 Å². The van der Waals surface area contributed by atoms with Crippen LogP contribution in [0.4, 0.5) is 0 Å². The van der Waals surface area contributed by atoms with Gasteiger partial charge in [0, 0.05) is 26.2 Å². The smallest absolute Gasteiger partial charge is 0.195 e. The number of nitrogens with zero attached hydrogens (tertiary/aromatic N) is 2. The van der Waals surface area contributed by atoms with Crippen LogP contribution in [0.3, 0.4) is 0 Å². The molecule has 1 saturated carbocycles. The van der Waals surface area contributed by atoms with Crippen molar-refractivity contribution in [1.29, 1.82) is 0 Å². The predicted octanol–water partition coefficient (Wildman–Crippen LogP) is 2.10. The Morgan fingerprint density at radius 2 is 2.40 bits per heavy atom. The highest BCUT2D eigenvalue weighted by atomic mass is 32.1. The molecule has 0 spiro atoms. The van der Waals surface area contributed by atoms with E-state index in [1.54, 1.807) is 7.11 Å². The number of H-pyrrole nitrogens is 1. The molecule has 1 aliphatic carbocycles. The van der Waals surface area contributed by atoms with Gasteiger partial charge in [0.05, 0.1) is 0 Å². The summed E-state index contributed by atoms with van der Waals surface area (Å²) in [6, 6.07) is 0.598. The maximum Gasteiger partial charge on any atom is 0.195 e. The van der Waals surface area contributed by atoms with E-state index in [9.17, 15) is 0 Å². The van der Waals surface area contributed by atoms with Gasteiger partial charge in [-0.1, -0.05) is 6.92 Å². The SMILES string of the molecule is COCC(C)Cc1n[nH]c(=S)n1C1CC1. The van der Waals surface area contributed by atoms with Gasteiger partial charge >= 0.3 is 0 Å². The van der Waals surface area contributed by atoms with Gasteiger partial charge in [0.25, 0.3) is 0 Å². The highest BCUT2D eigenvalue weighted by Crippen LogP contribution is 2.36. The molecule has 1 aliphatic rings. The van der Waals surface area contributed by atoms with Crippen LogP contribution in [0.25, 0.3) is 0 Å². The third-order valence-corrected chi connectivity index (χ3v) is 2.96. The molecule has 1 aromatic heterocycles. The Kier molecular flexibility index (Phi) is 3.21. The van der Waals surface area contributed by atoms with Gasteiger partial charge in [-0.2, -0.15) is 5.10 Å². The number of hydrogen-bond donors (Lipinski definition) is 1. The van der Waals surface area contributed by atoms with Crippen molar-refractivity contribution in [3.63, 3.8) is 0 Å². The molecule has 0 bridgehead atoms. The molecule has 0 saturated heterocycles. The van der Waals surface area contributed by atoms with Crippen molar-refractivity contribution < 1.29 is 4.74 Å². The Bertz CT molecular complexity index is 380. The predicted molar refractivity (Wildman–Crippen MR) is 60.4 cm³/mol. The van der Waals surface area contributed by atoms with Crippen molar-refractivity contribution in [3.05, 3.63) is 10.6 Å². The molecule has 4 nitrogen and oxygen atoms in total. The summed E-state index contributed by atoms with van der Waals surface area (Å²) in [6.07, 6.45) is 3.40. The Morgan fingerprint density at radius 3 is 3.00 bits per heavy atom. The summed E-state index contributed by atoms with van der Waals surface area (Å²) in [5.74, 6) is 1.56. The minimum absolute atomic E-state index is 0.484. The number of rotatable bonds is 5. The highest BCUT2D eigenvalue weighted by Gasteiger charge is 2.27.